The summed E-state index contributed by atoms with van der Waals surface area (Å²) >= 11 is 5.88. The lowest BCUT2D eigenvalue weighted by Gasteiger charge is -2.09. The zero-order valence-electron chi connectivity index (χ0n) is 18.7. The second-order valence-corrected chi connectivity index (χ2v) is 7.97. The molecule has 0 spiro atoms. The summed E-state index contributed by atoms with van der Waals surface area (Å²) < 4.78 is 17.0. The van der Waals surface area contributed by atoms with Crippen LogP contribution in [-0.2, 0) is 13.0 Å². The number of halogens is 1. The number of carbonyl (C=O) groups is 1. The lowest BCUT2D eigenvalue weighted by atomic mass is 10.2. The minimum atomic E-state index is -0.570. The van der Waals surface area contributed by atoms with Crippen molar-refractivity contribution in [2.45, 2.75) is 20.0 Å². The van der Waals surface area contributed by atoms with Crippen LogP contribution < -0.4 is 14.8 Å². The maximum absolute atomic E-state index is 12.7. The summed E-state index contributed by atoms with van der Waals surface area (Å²) in [4.78, 5) is 23.5. The topological polar surface area (TPSA) is 104 Å². The van der Waals surface area contributed by atoms with Crippen LogP contribution in [0.1, 0.15) is 28.8 Å². The third kappa shape index (κ3) is 6.39. The molecule has 9 heteroatoms. The van der Waals surface area contributed by atoms with Crippen LogP contribution in [0.4, 0.5) is 11.4 Å². The van der Waals surface area contributed by atoms with Gasteiger partial charge in [0.05, 0.1) is 16.7 Å². The molecule has 178 valence electrons. The molecular weight excluding hydrogens is 472 g/mol. The standard InChI is InChI=1S/C26H21ClN2O6/c1-2-17-3-7-21(8-4-17)33-16-23-11-12-25(35-23)26(30)28-19-13-20(29(31)32)15-24(14-19)34-22-9-5-18(27)6-10-22/h3-15H,2,16H2,1H3,(H,28,30). The number of benzene rings is 3. The van der Waals surface area contributed by atoms with Crippen LogP contribution in [0.25, 0.3) is 0 Å². The van der Waals surface area contributed by atoms with Crippen LogP contribution in [0.2, 0.25) is 5.02 Å². The number of nitro groups is 1. The average molecular weight is 493 g/mol. The molecule has 0 saturated heterocycles. The van der Waals surface area contributed by atoms with E-state index in [4.69, 9.17) is 25.5 Å². The Hall–Kier alpha value is -4.30. The molecule has 1 heterocycles. The number of hydrogen-bond donors (Lipinski definition) is 1. The van der Waals surface area contributed by atoms with Crippen molar-refractivity contribution < 1.29 is 23.6 Å². The van der Waals surface area contributed by atoms with Gasteiger partial charge < -0.3 is 19.2 Å². The summed E-state index contributed by atoms with van der Waals surface area (Å²) in [5.74, 6) is 1.24. The number of aryl methyl sites for hydroxylation is 1. The van der Waals surface area contributed by atoms with E-state index in [-0.39, 0.29) is 29.5 Å². The van der Waals surface area contributed by atoms with Gasteiger partial charge in [-0.3, -0.25) is 14.9 Å². The van der Waals surface area contributed by atoms with Crippen LogP contribution in [0.15, 0.2) is 83.3 Å². The monoisotopic (exact) mass is 492 g/mol. The summed E-state index contributed by atoms with van der Waals surface area (Å²) in [7, 11) is 0. The number of carbonyl (C=O) groups excluding carboxylic acids is 1. The quantitative estimate of drug-likeness (QED) is 0.199. The van der Waals surface area contributed by atoms with Gasteiger partial charge in [0.25, 0.3) is 11.6 Å². The van der Waals surface area contributed by atoms with Crippen LogP contribution in [0.5, 0.6) is 17.2 Å². The van der Waals surface area contributed by atoms with E-state index in [1.165, 1.54) is 29.8 Å². The number of rotatable bonds is 9. The molecule has 0 saturated carbocycles. The maximum Gasteiger partial charge on any atom is 0.291 e. The van der Waals surface area contributed by atoms with Gasteiger partial charge in [-0.1, -0.05) is 30.7 Å². The Balaban J connectivity index is 1.43. The molecule has 0 aliphatic heterocycles. The van der Waals surface area contributed by atoms with Gasteiger partial charge in [-0.2, -0.15) is 0 Å². The first-order valence-corrected chi connectivity index (χ1v) is 11.1. The molecule has 0 aliphatic carbocycles. The number of nitrogens with one attached hydrogen (secondary N) is 1. The lowest BCUT2D eigenvalue weighted by Crippen LogP contribution is -2.11. The molecule has 0 unspecified atom stereocenters. The number of non-ortho nitro benzene ring substituents is 1. The SMILES string of the molecule is CCc1ccc(OCc2ccc(C(=O)Nc3cc(Oc4ccc(Cl)cc4)cc([N+](=O)[O-])c3)o2)cc1. The molecule has 0 radical (unpaired) electrons. The molecule has 0 fully saturated rings. The zero-order valence-corrected chi connectivity index (χ0v) is 19.5. The van der Waals surface area contributed by atoms with Crippen molar-refractivity contribution >= 4 is 28.9 Å². The Morgan fingerprint density at radius 2 is 1.69 bits per heavy atom. The molecule has 1 N–H and O–H groups in total. The van der Waals surface area contributed by atoms with Gasteiger partial charge in [0.15, 0.2) is 5.76 Å². The number of ether oxygens (including phenoxy) is 2. The van der Waals surface area contributed by atoms with E-state index >= 15 is 0 Å². The number of nitrogens with zero attached hydrogens (tertiary/aromatic N) is 1. The molecule has 1 aromatic heterocycles. The van der Waals surface area contributed by atoms with Gasteiger partial charge in [0, 0.05) is 17.2 Å². The Kier molecular flexibility index (Phi) is 7.32. The molecule has 4 rings (SSSR count). The minimum absolute atomic E-state index is 0.0385. The van der Waals surface area contributed by atoms with Crippen molar-refractivity contribution in [1.29, 1.82) is 0 Å². The van der Waals surface area contributed by atoms with Crippen molar-refractivity contribution in [3.63, 3.8) is 0 Å². The van der Waals surface area contributed by atoms with E-state index in [0.717, 1.165) is 6.42 Å². The fourth-order valence-corrected chi connectivity index (χ4v) is 3.33. The molecular formula is C26H21ClN2O6. The fourth-order valence-electron chi connectivity index (χ4n) is 3.20. The molecule has 35 heavy (non-hydrogen) atoms. The highest BCUT2D eigenvalue weighted by Crippen LogP contribution is 2.30. The minimum Gasteiger partial charge on any atom is -0.486 e. The van der Waals surface area contributed by atoms with Crippen LogP contribution in [0, 0.1) is 10.1 Å². The van der Waals surface area contributed by atoms with Gasteiger partial charge in [-0.15, -0.1) is 0 Å². The average Bonchev–Trinajstić information content (AvgIpc) is 3.34. The van der Waals surface area contributed by atoms with E-state index in [0.29, 0.717) is 22.3 Å². The highest BCUT2D eigenvalue weighted by Gasteiger charge is 2.16. The largest absolute Gasteiger partial charge is 0.486 e. The van der Waals surface area contributed by atoms with E-state index in [2.05, 4.69) is 12.2 Å². The zero-order chi connectivity index (χ0) is 24.8. The highest BCUT2D eigenvalue weighted by atomic mass is 35.5. The number of nitro benzene ring substituents is 1. The summed E-state index contributed by atoms with van der Waals surface area (Å²) in [6.45, 7) is 2.22. The van der Waals surface area contributed by atoms with E-state index in [9.17, 15) is 14.9 Å². The number of amides is 1. The predicted octanol–water partition coefficient (Wildman–Crippen LogP) is 7.03. The Bertz CT molecular complexity index is 1330. The summed E-state index contributed by atoms with van der Waals surface area (Å²) in [6.07, 6.45) is 0.941. The third-order valence-electron chi connectivity index (χ3n) is 5.01. The second kappa shape index (κ2) is 10.8. The van der Waals surface area contributed by atoms with Gasteiger partial charge in [0.1, 0.15) is 29.6 Å². The van der Waals surface area contributed by atoms with Crippen LogP contribution in [-0.4, -0.2) is 10.8 Å². The fraction of sp³-hybridized carbons (Fsp3) is 0.115. The second-order valence-electron chi connectivity index (χ2n) is 7.53. The van der Waals surface area contributed by atoms with Crippen LogP contribution in [0.3, 0.4) is 0 Å². The number of furan rings is 1. The molecule has 0 aliphatic rings. The van der Waals surface area contributed by atoms with Crippen molar-refractivity contribution in [2.75, 3.05) is 5.32 Å². The van der Waals surface area contributed by atoms with Crippen molar-refractivity contribution in [3.05, 3.63) is 111 Å². The van der Waals surface area contributed by atoms with E-state index in [1.807, 2.05) is 24.3 Å². The first kappa shape index (κ1) is 23.8. The normalized spacial score (nSPS) is 10.6. The first-order chi connectivity index (χ1) is 16.9. The van der Waals surface area contributed by atoms with Gasteiger partial charge in [0.2, 0.25) is 0 Å². The third-order valence-corrected chi connectivity index (χ3v) is 5.26. The van der Waals surface area contributed by atoms with Crippen molar-refractivity contribution in [1.82, 2.24) is 0 Å². The summed E-state index contributed by atoms with van der Waals surface area (Å²) in [6, 6.07) is 21.4. The number of hydrogen-bond acceptors (Lipinski definition) is 6. The predicted molar refractivity (Wildman–Crippen MR) is 131 cm³/mol. The Morgan fingerprint density at radius 1 is 0.971 bits per heavy atom. The highest BCUT2D eigenvalue weighted by molar-refractivity contribution is 6.30. The Morgan fingerprint density at radius 3 is 2.37 bits per heavy atom. The Labute approximate surface area is 206 Å². The molecule has 1 amide bonds. The van der Waals surface area contributed by atoms with Gasteiger partial charge in [-0.05, 0) is 60.5 Å². The van der Waals surface area contributed by atoms with Crippen LogP contribution >= 0.6 is 11.6 Å². The van der Waals surface area contributed by atoms with Gasteiger partial charge in [-0.25, -0.2) is 0 Å². The molecule has 0 atom stereocenters. The number of anilines is 1. The molecule has 0 bridgehead atoms. The first-order valence-electron chi connectivity index (χ1n) is 10.7. The van der Waals surface area contributed by atoms with E-state index < -0.39 is 10.8 Å². The summed E-state index contributed by atoms with van der Waals surface area (Å²) in [5, 5.41) is 14.5. The van der Waals surface area contributed by atoms with Crippen molar-refractivity contribution in [3.8, 4) is 17.2 Å². The molecule has 8 nitrogen and oxygen atoms in total. The lowest BCUT2D eigenvalue weighted by molar-refractivity contribution is -0.384. The maximum atomic E-state index is 12.7. The molecule has 3 aromatic carbocycles. The van der Waals surface area contributed by atoms with E-state index in [1.54, 1.807) is 30.3 Å². The van der Waals surface area contributed by atoms with Crippen molar-refractivity contribution in [2.24, 2.45) is 0 Å². The van der Waals surface area contributed by atoms with Gasteiger partial charge >= 0.3 is 0 Å². The smallest absolute Gasteiger partial charge is 0.291 e. The molecule has 4 aromatic rings. The summed E-state index contributed by atoms with van der Waals surface area (Å²) in [5.41, 5.74) is 1.14.